The van der Waals surface area contributed by atoms with E-state index in [-0.39, 0.29) is 0 Å². The number of halogens is 1. The number of nitrogens with one attached hydrogen (secondary N) is 1. The van der Waals surface area contributed by atoms with Gasteiger partial charge >= 0.3 is 0 Å². The van der Waals surface area contributed by atoms with E-state index in [9.17, 15) is 0 Å². The lowest BCUT2D eigenvalue weighted by Gasteiger charge is -2.11. The van der Waals surface area contributed by atoms with Crippen molar-refractivity contribution in [2.24, 2.45) is 0 Å². The van der Waals surface area contributed by atoms with Crippen LogP contribution in [0.3, 0.4) is 0 Å². The van der Waals surface area contributed by atoms with Crippen LogP contribution in [-0.4, -0.2) is 22.1 Å². The van der Waals surface area contributed by atoms with Crippen LogP contribution in [0.4, 0.5) is 0 Å². The maximum atomic E-state index is 5.87. The molecular weight excluding hydrogens is 350 g/mol. The number of hydrogen-bond acceptors (Lipinski definition) is 4. The van der Waals surface area contributed by atoms with Crippen LogP contribution in [-0.2, 0) is 6.61 Å². The van der Waals surface area contributed by atoms with Crippen LogP contribution in [0.15, 0.2) is 60.8 Å². The zero-order chi connectivity index (χ0) is 17.9. The number of imidazole rings is 1. The van der Waals surface area contributed by atoms with E-state index in [1.807, 2.05) is 48.5 Å². The molecule has 0 aliphatic carbocycles. The maximum Gasteiger partial charge on any atom is 0.161 e. The standard InChI is InChI=1S/C20H16ClN3O2/c1-25-18-10-14(20-23-15-4-2-3-5-16(15)24-20)7-8-17(18)26-12-13-6-9-19(21)22-11-13/h2-11H,12H2,1H3,(H,23,24). The molecule has 0 unspecified atom stereocenters. The summed E-state index contributed by atoms with van der Waals surface area (Å²) in [5.41, 5.74) is 3.78. The Morgan fingerprint density at radius 3 is 2.69 bits per heavy atom. The lowest BCUT2D eigenvalue weighted by molar-refractivity contribution is 0.284. The summed E-state index contributed by atoms with van der Waals surface area (Å²) in [6.45, 7) is 0.379. The van der Waals surface area contributed by atoms with Crippen LogP contribution in [0.2, 0.25) is 5.15 Å². The Hall–Kier alpha value is -3.05. The SMILES string of the molecule is COc1cc(-c2nc3ccccc3[nH]2)ccc1OCc1ccc(Cl)nc1. The monoisotopic (exact) mass is 365 g/mol. The second kappa shape index (κ2) is 7.06. The lowest BCUT2D eigenvalue weighted by Crippen LogP contribution is -1.98. The van der Waals surface area contributed by atoms with Crippen molar-refractivity contribution in [3.8, 4) is 22.9 Å². The van der Waals surface area contributed by atoms with Gasteiger partial charge in [-0.3, -0.25) is 0 Å². The van der Waals surface area contributed by atoms with Gasteiger partial charge in [0, 0.05) is 17.3 Å². The molecule has 0 saturated heterocycles. The summed E-state index contributed by atoms with van der Waals surface area (Å²) >= 11 is 5.80. The van der Waals surface area contributed by atoms with Crippen LogP contribution >= 0.6 is 11.6 Å². The minimum atomic E-state index is 0.379. The number of hydrogen-bond donors (Lipinski definition) is 1. The summed E-state index contributed by atoms with van der Waals surface area (Å²) in [6, 6.07) is 17.3. The van der Waals surface area contributed by atoms with Crippen molar-refractivity contribution in [2.75, 3.05) is 7.11 Å². The van der Waals surface area contributed by atoms with Crippen LogP contribution in [0.1, 0.15) is 5.56 Å². The lowest BCUT2D eigenvalue weighted by atomic mass is 10.2. The summed E-state index contributed by atoms with van der Waals surface area (Å²) in [5, 5.41) is 0.460. The molecule has 0 bridgehead atoms. The molecule has 0 amide bonds. The average molecular weight is 366 g/mol. The molecule has 2 aromatic heterocycles. The van der Waals surface area contributed by atoms with Crippen molar-refractivity contribution in [1.29, 1.82) is 0 Å². The highest BCUT2D eigenvalue weighted by Crippen LogP contribution is 2.32. The minimum absolute atomic E-state index is 0.379. The number of benzene rings is 2. The van der Waals surface area contributed by atoms with Gasteiger partial charge in [-0.05, 0) is 36.4 Å². The quantitative estimate of drug-likeness (QED) is 0.513. The van der Waals surface area contributed by atoms with E-state index in [1.54, 1.807) is 19.4 Å². The van der Waals surface area contributed by atoms with E-state index in [0.29, 0.717) is 23.3 Å². The topological polar surface area (TPSA) is 60.0 Å². The van der Waals surface area contributed by atoms with Gasteiger partial charge in [0.1, 0.15) is 17.6 Å². The highest BCUT2D eigenvalue weighted by molar-refractivity contribution is 6.29. The Labute approximate surface area is 155 Å². The summed E-state index contributed by atoms with van der Waals surface area (Å²) in [4.78, 5) is 12.0. The van der Waals surface area contributed by atoms with Gasteiger partial charge in [-0.15, -0.1) is 0 Å². The number of H-pyrrole nitrogens is 1. The first-order valence-corrected chi connectivity index (χ1v) is 8.47. The van der Waals surface area contributed by atoms with E-state index >= 15 is 0 Å². The molecule has 130 valence electrons. The molecule has 0 atom stereocenters. The van der Waals surface area contributed by atoms with Gasteiger partial charge in [0.2, 0.25) is 0 Å². The first-order chi connectivity index (χ1) is 12.7. The summed E-state index contributed by atoms with van der Waals surface area (Å²) in [7, 11) is 1.62. The first kappa shape index (κ1) is 16.4. The van der Waals surface area contributed by atoms with E-state index in [0.717, 1.165) is 28.0 Å². The van der Waals surface area contributed by atoms with Crippen LogP contribution in [0.25, 0.3) is 22.4 Å². The third-order valence-corrected chi connectivity index (χ3v) is 4.23. The normalized spacial score (nSPS) is 10.8. The molecule has 6 heteroatoms. The third kappa shape index (κ3) is 3.34. The molecule has 26 heavy (non-hydrogen) atoms. The number of rotatable bonds is 5. The Balaban J connectivity index is 1.58. The number of methoxy groups -OCH3 is 1. The molecule has 0 aliphatic heterocycles. The maximum absolute atomic E-state index is 5.87. The molecule has 0 fully saturated rings. The highest BCUT2D eigenvalue weighted by Gasteiger charge is 2.10. The van der Waals surface area contributed by atoms with E-state index in [1.165, 1.54) is 0 Å². The summed E-state index contributed by atoms with van der Waals surface area (Å²) in [5.74, 6) is 2.09. The van der Waals surface area contributed by atoms with Crippen LogP contribution < -0.4 is 9.47 Å². The van der Waals surface area contributed by atoms with Gasteiger partial charge in [0.25, 0.3) is 0 Å². The van der Waals surface area contributed by atoms with Crippen LogP contribution in [0, 0.1) is 0 Å². The molecule has 5 nitrogen and oxygen atoms in total. The zero-order valence-electron chi connectivity index (χ0n) is 14.1. The van der Waals surface area contributed by atoms with Crippen molar-refractivity contribution >= 4 is 22.6 Å². The molecule has 4 rings (SSSR count). The van der Waals surface area contributed by atoms with Gasteiger partial charge in [-0.25, -0.2) is 9.97 Å². The number of para-hydroxylation sites is 2. The highest BCUT2D eigenvalue weighted by atomic mass is 35.5. The number of fused-ring (bicyclic) bond motifs is 1. The third-order valence-electron chi connectivity index (χ3n) is 4.01. The second-order valence-electron chi connectivity index (χ2n) is 5.75. The van der Waals surface area contributed by atoms with Crippen molar-refractivity contribution < 1.29 is 9.47 Å². The molecule has 2 aromatic carbocycles. The van der Waals surface area contributed by atoms with Crippen LogP contribution in [0.5, 0.6) is 11.5 Å². The van der Waals surface area contributed by atoms with Crippen molar-refractivity contribution in [2.45, 2.75) is 6.61 Å². The molecule has 2 heterocycles. The fraction of sp³-hybridized carbons (Fsp3) is 0.100. The summed E-state index contributed by atoms with van der Waals surface area (Å²) in [6.07, 6.45) is 1.69. The molecule has 0 aliphatic rings. The van der Waals surface area contributed by atoms with E-state index in [4.69, 9.17) is 21.1 Å². The van der Waals surface area contributed by atoms with E-state index < -0.39 is 0 Å². The largest absolute Gasteiger partial charge is 0.493 e. The molecule has 0 radical (unpaired) electrons. The molecule has 0 spiro atoms. The fourth-order valence-electron chi connectivity index (χ4n) is 2.68. The average Bonchev–Trinajstić information content (AvgIpc) is 3.11. The molecular formula is C20H16ClN3O2. The first-order valence-electron chi connectivity index (χ1n) is 8.09. The molecule has 0 saturated carbocycles. The number of pyridine rings is 1. The second-order valence-corrected chi connectivity index (χ2v) is 6.13. The Morgan fingerprint density at radius 1 is 1.04 bits per heavy atom. The summed E-state index contributed by atoms with van der Waals surface area (Å²) < 4.78 is 11.4. The predicted molar refractivity (Wildman–Crippen MR) is 102 cm³/mol. The van der Waals surface area contributed by atoms with Crippen molar-refractivity contribution in [3.05, 3.63) is 71.5 Å². The van der Waals surface area contributed by atoms with Gasteiger partial charge in [0.05, 0.1) is 18.1 Å². The number of ether oxygens (including phenoxy) is 2. The van der Waals surface area contributed by atoms with Gasteiger partial charge in [-0.2, -0.15) is 0 Å². The fourth-order valence-corrected chi connectivity index (χ4v) is 2.79. The predicted octanol–water partition coefficient (Wildman–Crippen LogP) is 4.87. The van der Waals surface area contributed by atoms with E-state index in [2.05, 4.69) is 15.0 Å². The Bertz CT molecular complexity index is 1010. The Kier molecular flexibility index (Phi) is 4.46. The molecule has 4 aromatic rings. The number of aromatic amines is 1. The number of aromatic nitrogens is 3. The van der Waals surface area contributed by atoms with Gasteiger partial charge in [-0.1, -0.05) is 29.8 Å². The zero-order valence-corrected chi connectivity index (χ0v) is 14.8. The van der Waals surface area contributed by atoms with Crippen molar-refractivity contribution in [3.63, 3.8) is 0 Å². The number of nitrogens with zero attached hydrogens (tertiary/aromatic N) is 2. The van der Waals surface area contributed by atoms with Crippen molar-refractivity contribution in [1.82, 2.24) is 15.0 Å². The van der Waals surface area contributed by atoms with Gasteiger partial charge in [0.15, 0.2) is 11.5 Å². The minimum Gasteiger partial charge on any atom is -0.493 e. The smallest absolute Gasteiger partial charge is 0.161 e. The molecule has 1 N–H and O–H groups in total. The Morgan fingerprint density at radius 2 is 1.92 bits per heavy atom. The van der Waals surface area contributed by atoms with Gasteiger partial charge < -0.3 is 14.5 Å².